The van der Waals surface area contributed by atoms with Crippen molar-refractivity contribution < 1.29 is 19.1 Å². The smallest absolute Gasteiger partial charge is 0.258 e. The quantitative estimate of drug-likeness (QED) is 0.705. The second kappa shape index (κ2) is 10.8. The Hall–Kier alpha value is -3.02. The number of carbonyl (C=O) groups is 2. The first kappa shape index (κ1) is 22.7. The lowest BCUT2D eigenvalue weighted by Crippen LogP contribution is -2.47. The van der Waals surface area contributed by atoms with Gasteiger partial charge in [-0.2, -0.15) is 0 Å². The first-order valence-corrected chi connectivity index (χ1v) is 10.9. The average molecular weight is 425 g/mol. The third-order valence-corrected chi connectivity index (χ3v) is 5.49. The maximum atomic E-state index is 12.6. The molecule has 0 bridgehead atoms. The van der Waals surface area contributed by atoms with Crippen LogP contribution in [0.3, 0.4) is 0 Å². The number of benzene rings is 2. The van der Waals surface area contributed by atoms with E-state index in [1.807, 2.05) is 68.1 Å². The van der Waals surface area contributed by atoms with Gasteiger partial charge in [0.05, 0.1) is 13.0 Å². The monoisotopic (exact) mass is 424 g/mol. The van der Waals surface area contributed by atoms with Crippen molar-refractivity contribution in [2.24, 2.45) is 0 Å². The van der Waals surface area contributed by atoms with E-state index in [-0.39, 0.29) is 24.5 Å². The fraction of sp³-hybridized carbons (Fsp3) is 0.440. The Kier molecular flexibility index (Phi) is 7.93. The van der Waals surface area contributed by atoms with Gasteiger partial charge in [0.25, 0.3) is 5.91 Å². The number of rotatable bonds is 8. The summed E-state index contributed by atoms with van der Waals surface area (Å²) in [5.41, 5.74) is 3.16. The summed E-state index contributed by atoms with van der Waals surface area (Å²) in [4.78, 5) is 26.8. The van der Waals surface area contributed by atoms with Gasteiger partial charge < -0.3 is 19.7 Å². The van der Waals surface area contributed by atoms with Crippen LogP contribution < -0.4 is 14.8 Å². The van der Waals surface area contributed by atoms with Crippen molar-refractivity contribution >= 4 is 11.8 Å². The molecule has 1 aliphatic heterocycles. The van der Waals surface area contributed by atoms with Crippen LogP contribution in [0.15, 0.2) is 42.5 Å². The first-order chi connectivity index (χ1) is 14.9. The molecule has 1 aliphatic rings. The number of hydrogen-bond acceptors (Lipinski definition) is 4. The molecule has 0 saturated carbocycles. The molecule has 6 heteroatoms. The molecule has 2 aromatic rings. The number of hydrogen-bond donors (Lipinski definition) is 1. The summed E-state index contributed by atoms with van der Waals surface area (Å²) in [5.74, 6) is 1.54. The molecule has 1 saturated heterocycles. The maximum Gasteiger partial charge on any atom is 0.258 e. The number of carbonyl (C=O) groups excluding carboxylic acids is 2. The second-order valence-corrected chi connectivity index (χ2v) is 8.03. The predicted molar refractivity (Wildman–Crippen MR) is 120 cm³/mol. The Labute approximate surface area is 184 Å². The van der Waals surface area contributed by atoms with Gasteiger partial charge in [-0.1, -0.05) is 29.8 Å². The van der Waals surface area contributed by atoms with Crippen LogP contribution >= 0.6 is 0 Å². The molecule has 2 aromatic carbocycles. The summed E-state index contributed by atoms with van der Waals surface area (Å²) in [6.45, 7) is 7.88. The number of likely N-dealkylation sites (tertiary alicyclic amines) is 1. The van der Waals surface area contributed by atoms with Crippen molar-refractivity contribution in [3.05, 3.63) is 59.2 Å². The van der Waals surface area contributed by atoms with Crippen molar-refractivity contribution in [1.82, 2.24) is 10.2 Å². The maximum absolute atomic E-state index is 12.6. The van der Waals surface area contributed by atoms with E-state index in [4.69, 9.17) is 9.47 Å². The fourth-order valence-corrected chi connectivity index (χ4v) is 3.80. The van der Waals surface area contributed by atoms with E-state index in [1.165, 1.54) is 0 Å². The molecule has 0 atom stereocenters. The number of aryl methyl sites for hydroxylation is 2. The number of ether oxygens (including phenoxy) is 2. The van der Waals surface area contributed by atoms with Gasteiger partial charge in [-0.15, -0.1) is 0 Å². The molecular weight excluding hydrogens is 392 g/mol. The zero-order valence-corrected chi connectivity index (χ0v) is 18.6. The van der Waals surface area contributed by atoms with Crippen molar-refractivity contribution in [3.63, 3.8) is 0 Å². The topological polar surface area (TPSA) is 67.9 Å². The van der Waals surface area contributed by atoms with E-state index in [0.29, 0.717) is 26.1 Å². The molecule has 1 heterocycles. The Morgan fingerprint density at radius 2 is 1.74 bits per heavy atom. The largest absolute Gasteiger partial charge is 0.494 e. The minimum atomic E-state index is -0.126. The van der Waals surface area contributed by atoms with Crippen LogP contribution in [0.1, 0.15) is 36.5 Å². The van der Waals surface area contributed by atoms with Gasteiger partial charge in [0, 0.05) is 19.1 Å². The second-order valence-electron chi connectivity index (χ2n) is 8.03. The molecule has 2 amide bonds. The molecule has 3 rings (SSSR count). The van der Waals surface area contributed by atoms with Crippen molar-refractivity contribution in [2.45, 2.75) is 46.1 Å². The van der Waals surface area contributed by atoms with Gasteiger partial charge in [0.15, 0.2) is 6.61 Å². The van der Waals surface area contributed by atoms with Crippen LogP contribution in [0.25, 0.3) is 0 Å². The summed E-state index contributed by atoms with van der Waals surface area (Å²) < 4.78 is 11.1. The zero-order valence-electron chi connectivity index (χ0n) is 18.6. The summed E-state index contributed by atoms with van der Waals surface area (Å²) in [7, 11) is 0. The Morgan fingerprint density at radius 3 is 2.39 bits per heavy atom. The summed E-state index contributed by atoms with van der Waals surface area (Å²) in [6.07, 6.45) is 1.89. The first-order valence-electron chi connectivity index (χ1n) is 10.9. The minimum Gasteiger partial charge on any atom is -0.494 e. The van der Waals surface area contributed by atoms with Crippen molar-refractivity contribution in [3.8, 4) is 11.5 Å². The zero-order chi connectivity index (χ0) is 22.2. The highest BCUT2D eigenvalue weighted by Crippen LogP contribution is 2.19. The van der Waals surface area contributed by atoms with Gasteiger partial charge >= 0.3 is 0 Å². The SMILES string of the molecule is CCOc1ccc(CC(=O)N2CCC(NC(=O)COc3ccc(C)cc3C)CC2)cc1. The highest BCUT2D eigenvalue weighted by molar-refractivity contribution is 5.79. The van der Waals surface area contributed by atoms with Crippen LogP contribution in [0.5, 0.6) is 11.5 Å². The van der Waals surface area contributed by atoms with Crippen LogP contribution in [-0.2, 0) is 16.0 Å². The molecule has 166 valence electrons. The van der Waals surface area contributed by atoms with Crippen molar-refractivity contribution in [2.75, 3.05) is 26.3 Å². The lowest BCUT2D eigenvalue weighted by Gasteiger charge is -2.32. The summed E-state index contributed by atoms with van der Waals surface area (Å²) in [5, 5.41) is 3.03. The van der Waals surface area contributed by atoms with Gasteiger partial charge in [0.2, 0.25) is 5.91 Å². The fourth-order valence-electron chi connectivity index (χ4n) is 3.80. The molecule has 0 aliphatic carbocycles. The minimum absolute atomic E-state index is 0.000780. The summed E-state index contributed by atoms with van der Waals surface area (Å²) in [6, 6.07) is 13.6. The molecule has 31 heavy (non-hydrogen) atoms. The molecular formula is C25H32N2O4. The number of piperidine rings is 1. The van der Waals surface area contributed by atoms with Gasteiger partial charge in [-0.05, 0) is 62.9 Å². The van der Waals surface area contributed by atoms with Crippen LogP contribution in [0.4, 0.5) is 0 Å². The normalized spacial score (nSPS) is 14.2. The van der Waals surface area contributed by atoms with E-state index >= 15 is 0 Å². The van der Waals surface area contributed by atoms with Gasteiger partial charge in [-0.3, -0.25) is 9.59 Å². The lowest BCUT2D eigenvalue weighted by atomic mass is 10.0. The van der Waals surface area contributed by atoms with Crippen LogP contribution in [-0.4, -0.2) is 49.1 Å². The van der Waals surface area contributed by atoms with E-state index < -0.39 is 0 Å². The average Bonchev–Trinajstić information content (AvgIpc) is 2.75. The molecule has 0 radical (unpaired) electrons. The summed E-state index contributed by atoms with van der Waals surface area (Å²) >= 11 is 0. The highest BCUT2D eigenvalue weighted by atomic mass is 16.5. The highest BCUT2D eigenvalue weighted by Gasteiger charge is 2.24. The van der Waals surface area contributed by atoms with E-state index in [1.54, 1.807) is 0 Å². The Morgan fingerprint density at radius 1 is 1.03 bits per heavy atom. The lowest BCUT2D eigenvalue weighted by molar-refractivity contribution is -0.131. The Bertz CT molecular complexity index is 887. The molecule has 1 fully saturated rings. The van der Waals surface area contributed by atoms with Crippen LogP contribution in [0, 0.1) is 13.8 Å². The molecule has 0 unspecified atom stereocenters. The third-order valence-electron chi connectivity index (χ3n) is 5.49. The standard InChI is InChI=1S/C25H32N2O4/c1-4-30-22-8-6-20(7-9-22)16-25(29)27-13-11-21(12-14-27)26-24(28)17-31-23-10-5-18(2)15-19(23)3/h5-10,15,21H,4,11-14,16-17H2,1-3H3,(H,26,28). The van der Waals surface area contributed by atoms with Gasteiger partial charge in [-0.25, -0.2) is 0 Å². The van der Waals surface area contributed by atoms with Crippen molar-refractivity contribution in [1.29, 1.82) is 0 Å². The molecule has 0 aromatic heterocycles. The van der Waals surface area contributed by atoms with E-state index in [2.05, 4.69) is 5.32 Å². The molecule has 0 spiro atoms. The van der Waals surface area contributed by atoms with Crippen LogP contribution in [0.2, 0.25) is 0 Å². The number of amides is 2. The van der Waals surface area contributed by atoms with Gasteiger partial charge in [0.1, 0.15) is 11.5 Å². The predicted octanol–water partition coefficient (Wildman–Crippen LogP) is 3.43. The molecule has 6 nitrogen and oxygen atoms in total. The van der Waals surface area contributed by atoms with E-state index in [0.717, 1.165) is 41.0 Å². The number of nitrogens with one attached hydrogen (secondary N) is 1. The third kappa shape index (κ3) is 6.74. The van der Waals surface area contributed by atoms with E-state index in [9.17, 15) is 9.59 Å². The Balaban J connectivity index is 1.39. The molecule has 1 N–H and O–H groups in total. The number of nitrogens with zero attached hydrogens (tertiary/aromatic N) is 1.